The minimum Gasteiger partial charge on any atom is -0.251 e. The molecule has 0 spiro atoms. The van der Waals surface area contributed by atoms with Gasteiger partial charge in [0.15, 0.2) is 6.10 Å². The Bertz CT molecular complexity index is 282. The summed E-state index contributed by atoms with van der Waals surface area (Å²) in [5, 5.41) is 8.21. The molecule has 12 heavy (non-hydrogen) atoms. The third-order valence-electron chi connectivity index (χ3n) is 1.35. The van der Waals surface area contributed by atoms with Crippen LogP contribution in [0.1, 0.15) is 12.5 Å². The van der Waals surface area contributed by atoms with E-state index in [9.17, 15) is 0 Å². The Kier molecular flexibility index (Phi) is 3.34. The van der Waals surface area contributed by atoms with Crippen molar-refractivity contribution in [3.63, 3.8) is 0 Å². The highest BCUT2D eigenvalue weighted by atomic mass is 17.1. The van der Waals surface area contributed by atoms with Crippen LogP contribution >= 0.6 is 0 Å². The van der Waals surface area contributed by atoms with Crippen LogP contribution in [0.15, 0.2) is 30.3 Å². The molecule has 1 unspecified atom stereocenters. The van der Waals surface area contributed by atoms with E-state index in [0.717, 1.165) is 5.56 Å². The van der Waals surface area contributed by atoms with Crippen LogP contribution < -0.4 is 0 Å². The quantitative estimate of drug-likeness (QED) is 0.388. The van der Waals surface area contributed by atoms with Crippen molar-refractivity contribution in [2.24, 2.45) is 0 Å². The van der Waals surface area contributed by atoms with Crippen LogP contribution in [0.3, 0.4) is 0 Å². The predicted molar refractivity (Wildman–Crippen MR) is 46.5 cm³/mol. The molecule has 1 N–H and O–H groups in total. The van der Waals surface area contributed by atoms with Crippen LogP contribution in [0.5, 0.6) is 0 Å². The van der Waals surface area contributed by atoms with Crippen molar-refractivity contribution in [1.82, 2.24) is 0 Å². The van der Waals surface area contributed by atoms with Crippen molar-refractivity contribution in [3.8, 4) is 11.8 Å². The number of rotatable bonds is 1. The van der Waals surface area contributed by atoms with Gasteiger partial charge in [-0.2, -0.15) is 0 Å². The minimum absolute atomic E-state index is 0.440. The molecule has 0 saturated heterocycles. The molecule has 0 saturated carbocycles. The minimum atomic E-state index is -0.440. The Morgan fingerprint density at radius 2 is 2.00 bits per heavy atom. The van der Waals surface area contributed by atoms with Crippen molar-refractivity contribution < 1.29 is 10.1 Å². The van der Waals surface area contributed by atoms with Crippen LogP contribution in [0.2, 0.25) is 0 Å². The maximum Gasteiger partial charge on any atom is 0.150 e. The molecule has 0 amide bonds. The fourth-order valence-electron chi connectivity index (χ4n) is 0.733. The predicted octanol–water partition coefficient (Wildman–Crippen LogP) is 1.92. The molecular formula is C10H10O2. The molecule has 0 radical (unpaired) electrons. The van der Waals surface area contributed by atoms with Gasteiger partial charge >= 0.3 is 0 Å². The lowest BCUT2D eigenvalue weighted by Crippen LogP contribution is -1.99. The zero-order valence-corrected chi connectivity index (χ0v) is 6.82. The molecule has 0 heterocycles. The van der Waals surface area contributed by atoms with Crippen molar-refractivity contribution >= 4 is 0 Å². The molecule has 0 aromatic heterocycles. The monoisotopic (exact) mass is 162 g/mol. The molecule has 1 aromatic carbocycles. The fourth-order valence-corrected chi connectivity index (χ4v) is 0.733. The van der Waals surface area contributed by atoms with E-state index in [-0.39, 0.29) is 0 Å². The maximum atomic E-state index is 8.21. The van der Waals surface area contributed by atoms with E-state index in [1.807, 2.05) is 30.3 Å². The van der Waals surface area contributed by atoms with E-state index < -0.39 is 6.10 Å². The van der Waals surface area contributed by atoms with Crippen molar-refractivity contribution in [2.45, 2.75) is 13.0 Å². The van der Waals surface area contributed by atoms with Crippen LogP contribution in [0.25, 0.3) is 0 Å². The van der Waals surface area contributed by atoms with Gasteiger partial charge in [-0.05, 0) is 19.1 Å². The summed E-state index contributed by atoms with van der Waals surface area (Å²) in [7, 11) is 0. The first-order chi connectivity index (χ1) is 5.83. The molecule has 0 aliphatic heterocycles. The first-order valence-electron chi connectivity index (χ1n) is 3.69. The normalized spacial score (nSPS) is 11.5. The molecule has 0 aliphatic carbocycles. The molecular weight excluding hydrogens is 152 g/mol. The summed E-state index contributed by atoms with van der Waals surface area (Å²) in [5.74, 6) is 5.59. The number of hydrogen-bond acceptors (Lipinski definition) is 2. The SMILES string of the molecule is CC(C#Cc1ccccc1)OO. The fraction of sp³-hybridized carbons (Fsp3) is 0.200. The lowest BCUT2D eigenvalue weighted by Gasteiger charge is -1.94. The van der Waals surface area contributed by atoms with E-state index >= 15 is 0 Å². The van der Waals surface area contributed by atoms with E-state index in [1.54, 1.807) is 6.92 Å². The molecule has 1 rings (SSSR count). The van der Waals surface area contributed by atoms with Crippen LogP contribution in [-0.2, 0) is 4.89 Å². The Morgan fingerprint density at radius 3 is 2.58 bits per heavy atom. The average molecular weight is 162 g/mol. The van der Waals surface area contributed by atoms with Crippen LogP contribution in [0.4, 0.5) is 0 Å². The second kappa shape index (κ2) is 4.55. The second-order valence-electron chi connectivity index (χ2n) is 2.38. The number of hydrogen-bond donors (Lipinski definition) is 1. The molecule has 2 heteroatoms. The largest absolute Gasteiger partial charge is 0.251 e. The van der Waals surface area contributed by atoms with Crippen molar-refractivity contribution in [3.05, 3.63) is 35.9 Å². The van der Waals surface area contributed by atoms with Gasteiger partial charge in [0.25, 0.3) is 0 Å². The standard InChI is InChI=1S/C10H10O2/c1-9(12-11)7-8-10-5-3-2-4-6-10/h2-6,9,11H,1H3. The second-order valence-corrected chi connectivity index (χ2v) is 2.38. The van der Waals surface area contributed by atoms with E-state index in [0.29, 0.717) is 0 Å². The number of benzene rings is 1. The summed E-state index contributed by atoms with van der Waals surface area (Å²) in [6.07, 6.45) is -0.440. The van der Waals surface area contributed by atoms with Gasteiger partial charge in [-0.15, -0.1) is 0 Å². The molecule has 62 valence electrons. The van der Waals surface area contributed by atoms with Crippen LogP contribution in [-0.4, -0.2) is 11.4 Å². The van der Waals surface area contributed by atoms with Crippen molar-refractivity contribution in [1.29, 1.82) is 0 Å². The Hall–Kier alpha value is -1.30. The highest BCUT2D eigenvalue weighted by molar-refractivity contribution is 5.34. The lowest BCUT2D eigenvalue weighted by molar-refractivity contribution is -0.258. The highest BCUT2D eigenvalue weighted by Crippen LogP contribution is 1.95. The average Bonchev–Trinajstić information content (AvgIpc) is 2.16. The van der Waals surface area contributed by atoms with Gasteiger partial charge in [0.1, 0.15) is 0 Å². The molecule has 0 aliphatic rings. The maximum absolute atomic E-state index is 8.21. The molecule has 1 aromatic rings. The summed E-state index contributed by atoms with van der Waals surface area (Å²) in [6.45, 7) is 1.68. The highest BCUT2D eigenvalue weighted by Gasteiger charge is 1.91. The summed E-state index contributed by atoms with van der Waals surface area (Å²) in [5.41, 5.74) is 0.918. The van der Waals surface area contributed by atoms with Gasteiger partial charge in [0.2, 0.25) is 0 Å². The smallest absolute Gasteiger partial charge is 0.150 e. The van der Waals surface area contributed by atoms with E-state index in [4.69, 9.17) is 5.26 Å². The van der Waals surface area contributed by atoms with Gasteiger partial charge in [-0.3, -0.25) is 5.26 Å². The molecule has 0 bridgehead atoms. The third kappa shape index (κ3) is 2.75. The van der Waals surface area contributed by atoms with Gasteiger partial charge in [-0.25, -0.2) is 4.89 Å². The summed E-state index contributed by atoms with van der Waals surface area (Å²) in [4.78, 5) is 4.00. The Labute approximate surface area is 71.7 Å². The van der Waals surface area contributed by atoms with E-state index in [2.05, 4.69) is 16.7 Å². The summed E-state index contributed by atoms with van der Waals surface area (Å²) < 4.78 is 0. The Morgan fingerprint density at radius 1 is 1.33 bits per heavy atom. The van der Waals surface area contributed by atoms with Crippen LogP contribution in [0, 0.1) is 11.8 Å². The molecule has 2 nitrogen and oxygen atoms in total. The first-order valence-corrected chi connectivity index (χ1v) is 3.69. The third-order valence-corrected chi connectivity index (χ3v) is 1.35. The molecule has 1 atom stereocenters. The zero-order chi connectivity index (χ0) is 8.81. The summed E-state index contributed by atoms with van der Waals surface area (Å²) >= 11 is 0. The first kappa shape index (κ1) is 8.79. The van der Waals surface area contributed by atoms with E-state index in [1.165, 1.54) is 0 Å². The summed E-state index contributed by atoms with van der Waals surface area (Å²) in [6, 6.07) is 9.55. The Balaban J connectivity index is 2.67. The zero-order valence-electron chi connectivity index (χ0n) is 6.82. The molecule has 0 fully saturated rings. The lowest BCUT2D eigenvalue weighted by atomic mass is 10.2. The van der Waals surface area contributed by atoms with Gasteiger partial charge in [-0.1, -0.05) is 30.0 Å². The van der Waals surface area contributed by atoms with Gasteiger partial charge in [0, 0.05) is 5.56 Å². The van der Waals surface area contributed by atoms with Crippen molar-refractivity contribution in [2.75, 3.05) is 0 Å². The van der Waals surface area contributed by atoms with Gasteiger partial charge < -0.3 is 0 Å². The topological polar surface area (TPSA) is 29.5 Å². The van der Waals surface area contributed by atoms with Gasteiger partial charge in [0.05, 0.1) is 0 Å².